The monoisotopic (exact) mass is 502 g/mol. The van der Waals surface area contributed by atoms with Gasteiger partial charge in [-0.3, -0.25) is 0 Å². The predicted octanol–water partition coefficient (Wildman–Crippen LogP) is 1.63. The summed E-state index contributed by atoms with van der Waals surface area (Å²) in [6.07, 6.45) is -0.665. The lowest BCUT2D eigenvalue weighted by molar-refractivity contribution is -0.137. The number of imidazole rings is 1. The van der Waals surface area contributed by atoms with Crippen molar-refractivity contribution < 1.29 is 21.6 Å². The highest BCUT2D eigenvalue weighted by molar-refractivity contribution is 7.89. The normalized spacial score (nSPS) is 19.1. The number of pyridine rings is 1. The van der Waals surface area contributed by atoms with E-state index in [1.807, 2.05) is 0 Å². The summed E-state index contributed by atoms with van der Waals surface area (Å²) in [6, 6.07) is 0.969. The third-order valence-corrected chi connectivity index (χ3v) is 9.03. The van der Waals surface area contributed by atoms with Gasteiger partial charge in [0.15, 0.2) is 0 Å². The molecule has 0 radical (unpaired) electrons. The van der Waals surface area contributed by atoms with Crippen LogP contribution in [0.15, 0.2) is 18.5 Å². The van der Waals surface area contributed by atoms with E-state index in [2.05, 4.69) is 25.7 Å². The highest BCUT2D eigenvalue weighted by Gasteiger charge is 2.38. The van der Waals surface area contributed by atoms with Gasteiger partial charge in [0.2, 0.25) is 20.1 Å². The quantitative estimate of drug-likeness (QED) is 0.480. The second-order valence-corrected chi connectivity index (χ2v) is 11.2. The van der Waals surface area contributed by atoms with Crippen molar-refractivity contribution >= 4 is 37.3 Å². The maximum Gasteiger partial charge on any atom is 0.419 e. The van der Waals surface area contributed by atoms with Gasteiger partial charge < -0.3 is 16.4 Å². The van der Waals surface area contributed by atoms with E-state index in [4.69, 9.17) is 5.73 Å². The van der Waals surface area contributed by atoms with Crippen LogP contribution in [-0.4, -0.2) is 69.8 Å². The molecule has 10 nitrogen and oxygen atoms in total. The number of halogens is 3. The first-order chi connectivity index (χ1) is 15.6. The Kier molecular flexibility index (Phi) is 5.46. The molecule has 0 amide bonds. The molecule has 5 heterocycles. The molecule has 0 unspecified atom stereocenters. The van der Waals surface area contributed by atoms with Crippen molar-refractivity contribution in [2.45, 2.75) is 30.3 Å². The lowest BCUT2D eigenvalue weighted by Crippen LogP contribution is -2.57. The third kappa shape index (κ3) is 4.13. The first kappa shape index (κ1) is 22.3. The molecule has 0 aliphatic carbocycles. The van der Waals surface area contributed by atoms with Crippen LogP contribution >= 0.6 is 11.3 Å². The highest BCUT2D eigenvalue weighted by Crippen LogP contribution is 2.35. The van der Waals surface area contributed by atoms with Crippen LogP contribution in [0.5, 0.6) is 0 Å². The Morgan fingerprint density at radius 3 is 2.55 bits per heavy atom. The number of piperidine rings is 1. The van der Waals surface area contributed by atoms with Gasteiger partial charge >= 0.3 is 6.18 Å². The number of alkyl halides is 3. The number of hydrogen-bond donors (Lipinski definition) is 3. The van der Waals surface area contributed by atoms with E-state index >= 15 is 0 Å². The highest BCUT2D eigenvalue weighted by atomic mass is 32.2. The Labute approximate surface area is 191 Å². The van der Waals surface area contributed by atoms with Gasteiger partial charge in [-0.15, -0.1) is 5.10 Å². The number of aromatic nitrogens is 4. The molecule has 5 rings (SSSR count). The number of fused-ring (bicyclic) bond motifs is 1. The molecule has 178 valence electrons. The molecule has 2 saturated heterocycles. The minimum absolute atomic E-state index is 0.0327. The summed E-state index contributed by atoms with van der Waals surface area (Å²) in [7, 11) is -3.27. The summed E-state index contributed by atoms with van der Waals surface area (Å²) >= 11 is 1.27. The molecule has 0 aromatic carbocycles. The Hall–Kier alpha value is -2.49. The van der Waals surface area contributed by atoms with Crippen molar-refractivity contribution in [3.05, 3.63) is 24.0 Å². The van der Waals surface area contributed by atoms with E-state index < -0.39 is 27.6 Å². The van der Waals surface area contributed by atoms with Crippen molar-refractivity contribution in [2.75, 3.05) is 37.2 Å². The number of nitrogens with two attached hydrogens (primary N) is 1. The van der Waals surface area contributed by atoms with Gasteiger partial charge in [-0.1, -0.05) is 11.3 Å². The van der Waals surface area contributed by atoms with E-state index in [1.54, 1.807) is 4.31 Å². The number of nitrogens with one attached hydrogen (secondary N) is 2. The van der Waals surface area contributed by atoms with Crippen molar-refractivity contribution in [1.82, 2.24) is 29.2 Å². The van der Waals surface area contributed by atoms with Crippen molar-refractivity contribution in [1.29, 1.82) is 0 Å². The molecule has 0 bridgehead atoms. The van der Waals surface area contributed by atoms with Gasteiger partial charge in [0.25, 0.3) is 0 Å². The molecule has 3 aromatic rings. The number of nitrogens with zero attached hydrogens (tertiary/aromatic N) is 5. The largest absolute Gasteiger partial charge is 0.419 e. The molecule has 0 atom stereocenters. The van der Waals surface area contributed by atoms with Crippen molar-refractivity contribution in [3.63, 3.8) is 0 Å². The Balaban J connectivity index is 1.30. The maximum atomic E-state index is 13.2. The summed E-state index contributed by atoms with van der Waals surface area (Å²) in [6.45, 7) is 1.86. The van der Waals surface area contributed by atoms with Crippen LogP contribution < -0.4 is 16.4 Å². The smallest absolute Gasteiger partial charge is 0.383 e. The minimum atomic E-state index is -4.62. The molecule has 15 heteroatoms. The standard InChI is InChI=1S/C18H21F3N8O2S2/c19-18(20,21)13-5-10(6-24-15(13)22)14-9-25-17-29(14)27-16(32-17)26-11-1-3-28(4-2-11)33(30,31)12-7-23-8-12/h5-6,9,11-12,23H,1-4,7-8H2,(H2,22,24)(H,26,27). The molecular formula is C18H21F3N8O2S2. The number of hydrogen-bond acceptors (Lipinski definition) is 9. The molecule has 2 aliphatic heterocycles. The summed E-state index contributed by atoms with van der Waals surface area (Å²) in [5.74, 6) is -0.588. The fraction of sp³-hybridized carbons (Fsp3) is 0.500. The van der Waals surface area contributed by atoms with Gasteiger partial charge in [-0.05, 0) is 18.9 Å². The van der Waals surface area contributed by atoms with Gasteiger partial charge in [-0.25, -0.2) is 27.2 Å². The molecule has 0 saturated carbocycles. The zero-order valence-corrected chi connectivity index (χ0v) is 18.8. The molecule has 33 heavy (non-hydrogen) atoms. The zero-order valence-electron chi connectivity index (χ0n) is 17.2. The van der Waals surface area contributed by atoms with Crippen LogP contribution in [0, 0.1) is 0 Å². The minimum Gasteiger partial charge on any atom is -0.383 e. The molecule has 2 fully saturated rings. The Bertz CT molecular complexity index is 1280. The maximum absolute atomic E-state index is 13.2. The fourth-order valence-electron chi connectivity index (χ4n) is 3.90. The van der Waals surface area contributed by atoms with Crippen LogP contribution in [0.25, 0.3) is 16.2 Å². The van der Waals surface area contributed by atoms with Crippen LogP contribution in [0.2, 0.25) is 0 Å². The van der Waals surface area contributed by atoms with Crippen LogP contribution in [0.4, 0.5) is 24.1 Å². The predicted molar refractivity (Wildman–Crippen MR) is 117 cm³/mol. The van der Waals surface area contributed by atoms with Gasteiger partial charge in [0.05, 0.1) is 17.5 Å². The van der Waals surface area contributed by atoms with Gasteiger partial charge in [0.1, 0.15) is 11.1 Å². The molecular weight excluding hydrogens is 481 g/mol. The molecule has 2 aliphatic rings. The molecule has 3 aromatic heterocycles. The average Bonchev–Trinajstić information content (AvgIpc) is 3.26. The lowest BCUT2D eigenvalue weighted by Gasteiger charge is -2.36. The number of nitrogen functional groups attached to an aromatic ring is 1. The summed E-state index contributed by atoms with van der Waals surface area (Å²) in [5.41, 5.74) is 4.94. The summed E-state index contributed by atoms with van der Waals surface area (Å²) in [4.78, 5) is 8.43. The average molecular weight is 503 g/mol. The van der Waals surface area contributed by atoms with E-state index in [-0.39, 0.29) is 16.9 Å². The first-order valence-corrected chi connectivity index (χ1v) is 12.6. The van der Waals surface area contributed by atoms with Gasteiger partial charge in [-0.2, -0.15) is 13.2 Å². The Morgan fingerprint density at radius 2 is 1.91 bits per heavy atom. The topological polar surface area (TPSA) is 131 Å². The Morgan fingerprint density at radius 1 is 1.18 bits per heavy atom. The third-order valence-electron chi connectivity index (χ3n) is 5.91. The van der Waals surface area contributed by atoms with Crippen LogP contribution in [-0.2, 0) is 16.2 Å². The second-order valence-electron chi connectivity index (χ2n) is 8.04. The molecule has 0 spiro atoms. The number of rotatable bonds is 5. The first-order valence-electron chi connectivity index (χ1n) is 10.3. The van der Waals surface area contributed by atoms with Gasteiger partial charge in [0, 0.05) is 44.0 Å². The molecule has 4 N–H and O–H groups in total. The summed E-state index contributed by atoms with van der Waals surface area (Å²) < 4.78 is 67.7. The van der Waals surface area contributed by atoms with E-state index in [9.17, 15) is 21.6 Å². The fourth-order valence-corrected chi connectivity index (χ4v) is 6.55. The summed E-state index contributed by atoms with van der Waals surface area (Å²) in [5, 5.41) is 11.0. The van der Waals surface area contributed by atoms with Crippen molar-refractivity contribution in [2.24, 2.45) is 0 Å². The SMILES string of the molecule is Nc1ncc(-c2cnc3sc(NC4CCN(S(=O)(=O)C5CNC5)CC4)nn23)cc1C(F)(F)F. The number of anilines is 2. The second kappa shape index (κ2) is 8.07. The number of sulfonamides is 1. The van der Waals surface area contributed by atoms with E-state index in [0.717, 1.165) is 6.07 Å². The lowest BCUT2D eigenvalue weighted by atomic mass is 10.1. The van der Waals surface area contributed by atoms with E-state index in [1.165, 1.54) is 28.2 Å². The van der Waals surface area contributed by atoms with Crippen molar-refractivity contribution in [3.8, 4) is 11.3 Å². The van der Waals surface area contributed by atoms with Crippen LogP contribution in [0.3, 0.4) is 0 Å². The van der Waals surface area contributed by atoms with Crippen LogP contribution in [0.1, 0.15) is 18.4 Å². The zero-order chi connectivity index (χ0) is 23.4. The van der Waals surface area contributed by atoms with E-state index in [0.29, 0.717) is 54.8 Å².